The van der Waals surface area contributed by atoms with Gasteiger partial charge in [-0.25, -0.2) is 4.98 Å². The van der Waals surface area contributed by atoms with Crippen LogP contribution in [0.1, 0.15) is 45.0 Å². The predicted octanol–water partition coefficient (Wildman–Crippen LogP) is 5.67. The summed E-state index contributed by atoms with van der Waals surface area (Å²) in [7, 11) is 0. The van der Waals surface area contributed by atoms with E-state index in [-0.39, 0.29) is 5.41 Å². The first kappa shape index (κ1) is 15.5. The Kier molecular flexibility index (Phi) is 3.19. The Morgan fingerprint density at radius 1 is 1.24 bits per heavy atom. The van der Waals surface area contributed by atoms with Gasteiger partial charge in [-0.15, -0.1) is 11.8 Å². The first-order chi connectivity index (χ1) is 12.0. The highest BCUT2D eigenvalue weighted by molar-refractivity contribution is 8.01. The predicted molar refractivity (Wildman–Crippen MR) is 105 cm³/mol. The Morgan fingerprint density at radius 2 is 2.12 bits per heavy atom. The first-order valence-corrected chi connectivity index (χ1v) is 10.0. The van der Waals surface area contributed by atoms with Gasteiger partial charge in [-0.1, -0.05) is 62.8 Å². The molecule has 1 aromatic heterocycles. The molecular weight excluding hydrogens is 324 g/mol. The minimum Gasteiger partial charge on any atom is -0.342 e. The largest absolute Gasteiger partial charge is 0.342 e. The van der Waals surface area contributed by atoms with Gasteiger partial charge in [-0.3, -0.25) is 0 Å². The second-order valence-electron chi connectivity index (χ2n) is 8.57. The molecule has 0 saturated heterocycles. The van der Waals surface area contributed by atoms with Crippen LogP contribution in [0.2, 0.25) is 0 Å². The first-order valence-electron chi connectivity index (χ1n) is 9.22. The third-order valence-corrected chi connectivity index (χ3v) is 7.55. The summed E-state index contributed by atoms with van der Waals surface area (Å²) in [6.07, 6.45) is 12.7. The molecular formula is C22H24N2S. The van der Waals surface area contributed by atoms with Crippen LogP contribution < -0.4 is 0 Å². The van der Waals surface area contributed by atoms with Crippen molar-refractivity contribution >= 4 is 11.8 Å². The number of aromatic nitrogens is 2. The standard InChI is InChI=1S/C22H24N2S/c1-21(2,3)20-23-13-18(24-20)17-9-4-6-14-10-11-15-7-5-8-16-12-22(15,16)25-19(14)17/h4-9,13,16H,10-12H2,1-3H3,(H,23,24). The van der Waals surface area contributed by atoms with E-state index in [2.05, 4.69) is 78.9 Å². The van der Waals surface area contributed by atoms with Crippen molar-refractivity contribution in [3.63, 3.8) is 0 Å². The quantitative estimate of drug-likeness (QED) is 0.719. The SMILES string of the molecule is CC(C)(C)c1ncc(-c2cccc3c2SC24CC2C=CC=C4CC3)[nH]1. The Balaban J connectivity index is 1.60. The molecule has 2 aliphatic carbocycles. The van der Waals surface area contributed by atoms with Crippen molar-refractivity contribution in [3.8, 4) is 11.3 Å². The van der Waals surface area contributed by atoms with Crippen LogP contribution in [0.15, 0.2) is 53.1 Å². The molecule has 3 heteroatoms. The maximum absolute atomic E-state index is 4.66. The zero-order valence-corrected chi connectivity index (χ0v) is 15.9. The van der Waals surface area contributed by atoms with Gasteiger partial charge in [-0.05, 0) is 30.7 Å². The van der Waals surface area contributed by atoms with E-state index in [0.29, 0.717) is 4.75 Å². The maximum atomic E-state index is 4.66. The lowest BCUT2D eigenvalue weighted by molar-refractivity contribution is 0.553. The molecule has 0 radical (unpaired) electrons. The number of aromatic amines is 1. The smallest absolute Gasteiger partial charge is 0.111 e. The van der Waals surface area contributed by atoms with E-state index >= 15 is 0 Å². The maximum Gasteiger partial charge on any atom is 0.111 e. The molecule has 1 saturated carbocycles. The monoisotopic (exact) mass is 348 g/mol. The summed E-state index contributed by atoms with van der Waals surface area (Å²) in [5.41, 5.74) is 5.65. The van der Waals surface area contributed by atoms with Gasteiger partial charge in [0.15, 0.2) is 0 Å². The molecule has 0 amide bonds. The van der Waals surface area contributed by atoms with Crippen molar-refractivity contribution in [1.82, 2.24) is 9.97 Å². The van der Waals surface area contributed by atoms with Crippen LogP contribution in [-0.2, 0) is 11.8 Å². The Hall–Kier alpha value is -1.74. The van der Waals surface area contributed by atoms with Crippen molar-refractivity contribution in [2.45, 2.75) is 55.1 Å². The molecule has 25 heavy (non-hydrogen) atoms. The molecule has 2 heterocycles. The van der Waals surface area contributed by atoms with Crippen LogP contribution in [-0.4, -0.2) is 14.7 Å². The third kappa shape index (κ3) is 2.36. The second kappa shape index (κ2) is 5.14. The van der Waals surface area contributed by atoms with Crippen molar-refractivity contribution < 1.29 is 0 Å². The number of fused-ring (bicyclic) bond motifs is 1. The fraction of sp³-hybridized carbons (Fsp3) is 0.409. The number of nitrogens with zero attached hydrogens (tertiary/aromatic N) is 1. The van der Waals surface area contributed by atoms with Gasteiger partial charge in [0, 0.05) is 20.6 Å². The number of rotatable bonds is 1. The number of nitrogens with one attached hydrogen (secondary N) is 1. The lowest BCUT2D eigenvalue weighted by Crippen LogP contribution is -2.13. The highest BCUT2D eigenvalue weighted by atomic mass is 32.2. The zero-order valence-electron chi connectivity index (χ0n) is 15.1. The van der Waals surface area contributed by atoms with Crippen molar-refractivity contribution in [1.29, 1.82) is 0 Å². The summed E-state index contributed by atoms with van der Waals surface area (Å²) in [6.45, 7) is 6.61. The summed E-state index contributed by atoms with van der Waals surface area (Å²) < 4.78 is 0.336. The van der Waals surface area contributed by atoms with Crippen molar-refractivity contribution in [2.75, 3.05) is 0 Å². The molecule has 1 spiro atoms. The molecule has 5 rings (SSSR count). The van der Waals surface area contributed by atoms with Crippen LogP contribution in [0.3, 0.4) is 0 Å². The van der Waals surface area contributed by atoms with Crippen LogP contribution in [0.5, 0.6) is 0 Å². The Bertz CT molecular complexity index is 912. The van der Waals surface area contributed by atoms with E-state index in [4.69, 9.17) is 0 Å². The van der Waals surface area contributed by atoms with E-state index in [9.17, 15) is 0 Å². The average molecular weight is 349 g/mol. The molecule has 2 unspecified atom stereocenters. The molecule has 1 N–H and O–H groups in total. The summed E-state index contributed by atoms with van der Waals surface area (Å²) in [5, 5.41) is 0. The van der Waals surface area contributed by atoms with Crippen LogP contribution in [0.4, 0.5) is 0 Å². The number of hydrogen-bond acceptors (Lipinski definition) is 2. The lowest BCUT2D eigenvalue weighted by atomic mass is 9.96. The highest BCUT2D eigenvalue weighted by Crippen LogP contribution is 2.66. The molecule has 0 bridgehead atoms. The van der Waals surface area contributed by atoms with E-state index in [1.165, 1.54) is 28.9 Å². The molecule has 1 aliphatic heterocycles. The fourth-order valence-electron chi connectivity index (χ4n) is 4.19. The van der Waals surface area contributed by atoms with E-state index < -0.39 is 0 Å². The van der Waals surface area contributed by atoms with Gasteiger partial charge in [-0.2, -0.15) is 0 Å². The number of imidazole rings is 1. The molecule has 128 valence electrons. The molecule has 1 aromatic carbocycles. The van der Waals surface area contributed by atoms with Crippen molar-refractivity contribution in [3.05, 3.63) is 59.6 Å². The Labute approximate surface area is 153 Å². The normalized spacial score (nSPS) is 27.0. The molecule has 3 aliphatic rings. The number of thioether (sulfide) groups is 1. The lowest BCUT2D eigenvalue weighted by Gasteiger charge is -2.21. The van der Waals surface area contributed by atoms with E-state index in [1.54, 1.807) is 5.57 Å². The van der Waals surface area contributed by atoms with Gasteiger partial charge >= 0.3 is 0 Å². The van der Waals surface area contributed by atoms with Gasteiger partial charge in [0.2, 0.25) is 0 Å². The topological polar surface area (TPSA) is 28.7 Å². The van der Waals surface area contributed by atoms with E-state index in [0.717, 1.165) is 23.9 Å². The number of H-pyrrole nitrogens is 1. The van der Waals surface area contributed by atoms with Crippen LogP contribution in [0.25, 0.3) is 11.3 Å². The van der Waals surface area contributed by atoms with Gasteiger partial charge < -0.3 is 4.98 Å². The molecule has 2 atom stereocenters. The third-order valence-electron chi connectivity index (χ3n) is 5.77. The number of benzene rings is 1. The Morgan fingerprint density at radius 3 is 2.92 bits per heavy atom. The minimum atomic E-state index is 0.0431. The highest BCUT2D eigenvalue weighted by Gasteiger charge is 2.57. The summed E-state index contributed by atoms with van der Waals surface area (Å²) >= 11 is 2.11. The molecule has 2 nitrogen and oxygen atoms in total. The summed E-state index contributed by atoms with van der Waals surface area (Å²) in [5.74, 6) is 1.78. The molecule has 2 aromatic rings. The number of hydrogen-bond donors (Lipinski definition) is 1. The molecule has 1 fully saturated rings. The van der Waals surface area contributed by atoms with Gasteiger partial charge in [0.1, 0.15) is 5.82 Å². The number of aryl methyl sites for hydroxylation is 1. The van der Waals surface area contributed by atoms with E-state index in [1.807, 2.05) is 6.20 Å². The second-order valence-corrected chi connectivity index (χ2v) is 9.91. The van der Waals surface area contributed by atoms with Gasteiger partial charge in [0.05, 0.1) is 11.9 Å². The van der Waals surface area contributed by atoms with Crippen molar-refractivity contribution in [2.24, 2.45) is 5.92 Å². The van der Waals surface area contributed by atoms with Crippen LogP contribution >= 0.6 is 11.8 Å². The minimum absolute atomic E-state index is 0.0431. The zero-order chi connectivity index (χ0) is 17.2. The summed E-state index contributed by atoms with van der Waals surface area (Å²) in [6, 6.07) is 6.77. The average Bonchev–Trinajstić information content (AvgIpc) is 3.12. The van der Waals surface area contributed by atoms with Gasteiger partial charge in [0.25, 0.3) is 0 Å². The van der Waals surface area contributed by atoms with Crippen LogP contribution in [0, 0.1) is 5.92 Å². The summed E-state index contributed by atoms with van der Waals surface area (Å²) in [4.78, 5) is 9.71. The fourth-order valence-corrected chi connectivity index (χ4v) is 5.94. The number of allylic oxidation sites excluding steroid dienone is 3.